The summed E-state index contributed by atoms with van der Waals surface area (Å²) in [5.41, 5.74) is 3.64. The van der Waals surface area contributed by atoms with Crippen LogP contribution in [-0.2, 0) is 6.42 Å². The Morgan fingerprint density at radius 2 is 1.52 bits per heavy atom. The minimum absolute atomic E-state index is 0.0923. The minimum atomic E-state index is -0.0923. The van der Waals surface area contributed by atoms with E-state index < -0.39 is 0 Å². The number of ether oxygens (including phenoxy) is 1. The van der Waals surface area contributed by atoms with Gasteiger partial charge in [-0.15, -0.1) is 4.91 Å². The lowest BCUT2D eigenvalue weighted by molar-refractivity contribution is 0.0516. The molecule has 0 aliphatic carbocycles. The van der Waals surface area contributed by atoms with Gasteiger partial charge >= 0.3 is 0 Å². The van der Waals surface area contributed by atoms with Crippen LogP contribution in [0.5, 0.6) is 5.75 Å². The van der Waals surface area contributed by atoms with Gasteiger partial charge in [0.15, 0.2) is 0 Å². The van der Waals surface area contributed by atoms with Crippen molar-refractivity contribution in [3.8, 4) is 5.75 Å². The summed E-state index contributed by atoms with van der Waals surface area (Å²) in [5, 5.41) is 3.20. The van der Waals surface area contributed by atoms with E-state index in [-0.39, 0.29) is 5.60 Å². The van der Waals surface area contributed by atoms with Crippen LogP contribution in [0.1, 0.15) is 116 Å². The summed E-state index contributed by atoms with van der Waals surface area (Å²) in [7, 11) is 0. The Morgan fingerprint density at radius 1 is 0.935 bits per heavy atom. The molecule has 3 atom stereocenters. The van der Waals surface area contributed by atoms with Crippen LogP contribution in [0.3, 0.4) is 0 Å². The fourth-order valence-corrected chi connectivity index (χ4v) is 5.04. The average molecular weight is 430 g/mol. The lowest BCUT2D eigenvalue weighted by atomic mass is 9.85. The molecular formula is C28H47NO2. The van der Waals surface area contributed by atoms with Crippen LogP contribution in [-0.4, -0.2) is 5.60 Å². The summed E-state index contributed by atoms with van der Waals surface area (Å²) < 4.78 is 6.54. The molecule has 0 saturated heterocycles. The zero-order valence-electron chi connectivity index (χ0n) is 21.4. The predicted molar refractivity (Wildman–Crippen MR) is 133 cm³/mol. The van der Waals surface area contributed by atoms with Crippen molar-refractivity contribution >= 4 is 5.69 Å². The molecule has 1 heterocycles. The molecule has 1 aliphatic rings. The fraction of sp³-hybridized carbons (Fsp3) is 0.786. The van der Waals surface area contributed by atoms with Gasteiger partial charge in [-0.05, 0) is 92.1 Å². The van der Waals surface area contributed by atoms with Crippen LogP contribution in [0.15, 0.2) is 11.2 Å². The van der Waals surface area contributed by atoms with Crippen LogP contribution < -0.4 is 4.74 Å². The number of nitroso groups, excluding NO2 is 1. The number of nitrogens with zero attached hydrogens (tertiary/aromatic N) is 1. The highest BCUT2D eigenvalue weighted by molar-refractivity contribution is 5.59. The van der Waals surface area contributed by atoms with Crippen LogP contribution in [0.25, 0.3) is 0 Å². The number of benzene rings is 1. The van der Waals surface area contributed by atoms with E-state index in [9.17, 15) is 4.91 Å². The lowest BCUT2D eigenvalue weighted by Crippen LogP contribution is -2.36. The number of hydrogen-bond donors (Lipinski definition) is 0. The number of fused-ring (bicyclic) bond motifs is 1. The van der Waals surface area contributed by atoms with Crippen molar-refractivity contribution < 1.29 is 4.74 Å². The molecule has 0 N–H and O–H groups in total. The fourth-order valence-electron chi connectivity index (χ4n) is 5.04. The Labute approximate surface area is 191 Å². The van der Waals surface area contributed by atoms with Gasteiger partial charge < -0.3 is 4.74 Å². The predicted octanol–water partition coefficient (Wildman–Crippen LogP) is 9.22. The average Bonchev–Trinajstić information content (AvgIpc) is 2.71. The second-order valence-electron chi connectivity index (χ2n) is 11.1. The lowest BCUT2D eigenvalue weighted by Gasteiger charge is -2.37. The Kier molecular flexibility index (Phi) is 10.0. The van der Waals surface area contributed by atoms with E-state index in [1.54, 1.807) is 0 Å². The van der Waals surface area contributed by atoms with Crippen molar-refractivity contribution in [2.24, 2.45) is 22.9 Å². The summed E-state index contributed by atoms with van der Waals surface area (Å²) in [6.07, 6.45) is 13.9. The molecule has 3 unspecified atom stereocenters. The van der Waals surface area contributed by atoms with Gasteiger partial charge in [-0.1, -0.05) is 72.6 Å². The first kappa shape index (κ1) is 25.9. The second kappa shape index (κ2) is 12.0. The van der Waals surface area contributed by atoms with Crippen molar-refractivity contribution in [3.63, 3.8) is 0 Å². The number of hydrogen-bond acceptors (Lipinski definition) is 3. The smallest absolute Gasteiger partial charge is 0.126 e. The molecule has 1 aromatic carbocycles. The molecule has 3 heteroatoms. The normalized spacial score (nSPS) is 20.3. The van der Waals surface area contributed by atoms with Gasteiger partial charge in [-0.2, -0.15) is 0 Å². The molecule has 1 aliphatic heterocycles. The van der Waals surface area contributed by atoms with E-state index in [0.29, 0.717) is 5.69 Å². The summed E-state index contributed by atoms with van der Waals surface area (Å²) in [5.74, 6) is 3.52. The summed E-state index contributed by atoms with van der Waals surface area (Å²) in [6.45, 7) is 15.8. The van der Waals surface area contributed by atoms with E-state index in [4.69, 9.17) is 4.74 Å². The van der Waals surface area contributed by atoms with E-state index in [0.717, 1.165) is 59.5 Å². The molecule has 3 nitrogen and oxygen atoms in total. The van der Waals surface area contributed by atoms with Crippen molar-refractivity contribution in [3.05, 3.63) is 27.7 Å². The Bertz CT molecular complexity index is 711. The summed E-state index contributed by atoms with van der Waals surface area (Å²) in [4.78, 5) is 11.1. The first-order valence-corrected chi connectivity index (χ1v) is 12.8. The summed E-state index contributed by atoms with van der Waals surface area (Å²) in [6, 6.07) is 1.93. The zero-order valence-corrected chi connectivity index (χ0v) is 21.4. The maximum absolute atomic E-state index is 11.1. The Hall–Kier alpha value is -1.38. The van der Waals surface area contributed by atoms with Gasteiger partial charge in [0.2, 0.25) is 0 Å². The van der Waals surface area contributed by atoms with E-state index in [1.807, 2.05) is 13.0 Å². The molecule has 31 heavy (non-hydrogen) atoms. The molecule has 0 amide bonds. The number of rotatable bonds is 13. The highest BCUT2D eigenvalue weighted by atomic mass is 16.5. The van der Waals surface area contributed by atoms with E-state index in [2.05, 4.69) is 46.7 Å². The SMILES string of the molecule is Cc1c(N=O)cc2c(c1C)OC(C)(CCCC(C)CCCC(C)CCCC(C)C)CC2. The third kappa shape index (κ3) is 7.91. The molecule has 0 bridgehead atoms. The van der Waals surface area contributed by atoms with Crippen LogP contribution in [0.2, 0.25) is 0 Å². The first-order chi connectivity index (χ1) is 14.6. The highest BCUT2D eigenvalue weighted by Crippen LogP contribution is 2.42. The van der Waals surface area contributed by atoms with E-state index in [1.165, 1.54) is 51.4 Å². The largest absolute Gasteiger partial charge is 0.487 e. The van der Waals surface area contributed by atoms with Crippen molar-refractivity contribution in [1.29, 1.82) is 0 Å². The van der Waals surface area contributed by atoms with Crippen LogP contribution in [0, 0.1) is 36.5 Å². The monoisotopic (exact) mass is 429 g/mol. The van der Waals surface area contributed by atoms with Crippen molar-refractivity contribution in [2.75, 3.05) is 0 Å². The molecule has 0 radical (unpaired) electrons. The third-order valence-corrected chi connectivity index (χ3v) is 7.53. The molecule has 0 aromatic heterocycles. The quantitative estimate of drug-likeness (QED) is 0.293. The van der Waals surface area contributed by atoms with Gasteiger partial charge in [-0.3, -0.25) is 0 Å². The van der Waals surface area contributed by atoms with Crippen LogP contribution in [0.4, 0.5) is 5.69 Å². The minimum Gasteiger partial charge on any atom is -0.487 e. The van der Waals surface area contributed by atoms with Gasteiger partial charge in [-0.25, -0.2) is 0 Å². The molecule has 176 valence electrons. The van der Waals surface area contributed by atoms with Crippen molar-refractivity contribution in [1.82, 2.24) is 0 Å². The topological polar surface area (TPSA) is 38.7 Å². The Morgan fingerprint density at radius 3 is 2.10 bits per heavy atom. The molecule has 0 spiro atoms. The standard InChI is InChI=1S/C28H47NO2/c1-20(2)11-8-12-21(3)13-9-14-22(4)15-10-17-28(7)18-16-25-19-26(29-30)23(5)24(6)27(25)31-28/h19-22H,8-18H2,1-7H3. The molecular weight excluding hydrogens is 382 g/mol. The third-order valence-electron chi connectivity index (χ3n) is 7.53. The maximum Gasteiger partial charge on any atom is 0.126 e. The van der Waals surface area contributed by atoms with Gasteiger partial charge in [0, 0.05) is 0 Å². The summed E-state index contributed by atoms with van der Waals surface area (Å²) >= 11 is 0. The number of aryl methyl sites for hydroxylation is 1. The van der Waals surface area contributed by atoms with E-state index >= 15 is 0 Å². The Balaban J connectivity index is 1.72. The highest BCUT2D eigenvalue weighted by Gasteiger charge is 2.33. The maximum atomic E-state index is 11.1. The molecule has 0 fully saturated rings. The second-order valence-corrected chi connectivity index (χ2v) is 11.1. The molecule has 1 aromatic rings. The molecule has 0 saturated carbocycles. The van der Waals surface area contributed by atoms with Crippen molar-refractivity contribution in [2.45, 2.75) is 125 Å². The van der Waals surface area contributed by atoms with Gasteiger partial charge in [0.1, 0.15) is 17.0 Å². The van der Waals surface area contributed by atoms with Gasteiger partial charge in [0.05, 0.1) is 0 Å². The first-order valence-electron chi connectivity index (χ1n) is 12.8. The zero-order chi connectivity index (χ0) is 23.0. The van der Waals surface area contributed by atoms with Crippen LogP contribution >= 0.6 is 0 Å². The molecule has 2 rings (SSSR count). The van der Waals surface area contributed by atoms with Gasteiger partial charge in [0.25, 0.3) is 0 Å².